The third kappa shape index (κ3) is 6.90. The Morgan fingerprint density at radius 1 is 1.02 bits per heavy atom. The first kappa shape index (κ1) is 29.3. The highest BCUT2D eigenvalue weighted by atomic mass is 16.5. The van der Waals surface area contributed by atoms with Crippen molar-refractivity contribution in [2.75, 3.05) is 19.7 Å². The minimum Gasteiger partial charge on any atom is -0.482 e. The van der Waals surface area contributed by atoms with Crippen molar-refractivity contribution < 1.29 is 33.1 Å². The van der Waals surface area contributed by atoms with Crippen molar-refractivity contribution in [1.29, 1.82) is 0 Å². The highest BCUT2D eigenvalue weighted by molar-refractivity contribution is 5.93. The van der Waals surface area contributed by atoms with Crippen molar-refractivity contribution >= 4 is 23.7 Å². The number of cyclic esters (lactones) is 1. The molecule has 6 rings (SSSR count). The summed E-state index contributed by atoms with van der Waals surface area (Å²) in [4.78, 5) is 59.9. The number of oxazole rings is 1. The zero-order valence-electron chi connectivity index (χ0n) is 24.4. The number of carbonyl (C=O) groups is 4. The average molecular weight is 602 g/mol. The number of ether oxygens (including phenoxy) is 2. The van der Waals surface area contributed by atoms with Gasteiger partial charge in [-0.15, -0.1) is 0 Å². The van der Waals surface area contributed by atoms with Crippen LogP contribution in [0.2, 0.25) is 0 Å². The van der Waals surface area contributed by atoms with Gasteiger partial charge in [-0.25, -0.2) is 9.97 Å². The molecule has 2 unspecified atom stereocenters. The van der Waals surface area contributed by atoms with Gasteiger partial charge in [-0.1, -0.05) is 24.3 Å². The number of likely N-dealkylation sites (tertiary alicyclic amines) is 1. The summed E-state index contributed by atoms with van der Waals surface area (Å²) in [6.07, 6.45) is 7.39. The second kappa shape index (κ2) is 12.9. The Hall–Kier alpha value is -4.74. The summed E-state index contributed by atoms with van der Waals surface area (Å²) in [5, 5.41) is 5.92. The number of carbonyl (C=O) groups excluding carboxylic acids is 4. The molecular weight excluding hydrogens is 566 g/mol. The second-order valence-electron chi connectivity index (χ2n) is 11.7. The smallest absolute Gasteiger partial charge is 0.306 e. The number of hydrogen-bond acceptors (Lipinski definition) is 9. The molecule has 0 bridgehead atoms. The molecule has 44 heavy (non-hydrogen) atoms. The molecule has 1 aromatic carbocycles. The van der Waals surface area contributed by atoms with Gasteiger partial charge in [0.05, 0.1) is 24.6 Å². The average Bonchev–Trinajstić information content (AvgIpc) is 3.55. The number of aromatic nitrogens is 2. The van der Waals surface area contributed by atoms with Crippen LogP contribution in [0.15, 0.2) is 59.7 Å². The van der Waals surface area contributed by atoms with Crippen molar-refractivity contribution in [3.05, 3.63) is 77.8 Å². The van der Waals surface area contributed by atoms with Crippen molar-refractivity contribution in [3.8, 4) is 5.75 Å². The van der Waals surface area contributed by atoms with E-state index in [1.165, 1.54) is 37.3 Å². The van der Waals surface area contributed by atoms with E-state index in [0.717, 1.165) is 18.4 Å². The van der Waals surface area contributed by atoms with Gasteiger partial charge in [-0.3, -0.25) is 19.2 Å². The predicted octanol–water partition coefficient (Wildman–Crippen LogP) is 3.17. The van der Waals surface area contributed by atoms with Crippen molar-refractivity contribution in [1.82, 2.24) is 25.5 Å². The molecule has 0 radical (unpaired) electrons. The van der Waals surface area contributed by atoms with Crippen LogP contribution >= 0.6 is 0 Å². The number of pyridine rings is 1. The Bertz CT molecular complexity index is 1490. The topological polar surface area (TPSA) is 153 Å². The number of benzene rings is 1. The zero-order valence-corrected chi connectivity index (χ0v) is 24.4. The van der Waals surface area contributed by atoms with Crippen LogP contribution in [0.5, 0.6) is 5.75 Å². The molecule has 4 atom stereocenters. The lowest BCUT2D eigenvalue weighted by Gasteiger charge is -2.34. The summed E-state index contributed by atoms with van der Waals surface area (Å²) in [5.74, 6) is -0.610. The molecule has 3 aromatic rings. The summed E-state index contributed by atoms with van der Waals surface area (Å²) in [5.41, 5.74) is 2.56. The fraction of sp³-hybridized carbons (Fsp3) is 0.438. The quantitative estimate of drug-likeness (QED) is 0.334. The molecule has 2 aromatic heterocycles. The normalized spacial score (nSPS) is 21.2. The third-order valence-electron chi connectivity index (χ3n) is 8.30. The molecule has 2 aliphatic heterocycles. The van der Waals surface area contributed by atoms with Crippen LogP contribution < -0.4 is 15.4 Å². The van der Waals surface area contributed by atoms with E-state index in [-0.39, 0.29) is 54.1 Å². The van der Waals surface area contributed by atoms with Crippen LogP contribution in [0.1, 0.15) is 83.2 Å². The summed E-state index contributed by atoms with van der Waals surface area (Å²) in [7, 11) is 0. The maximum Gasteiger partial charge on any atom is 0.306 e. The second-order valence-corrected chi connectivity index (χ2v) is 11.7. The monoisotopic (exact) mass is 601 g/mol. The molecule has 2 N–H and O–H groups in total. The predicted molar refractivity (Wildman–Crippen MR) is 156 cm³/mol. The van der Waals surface area contributed by atoms with E-state index in [9.17, 15) is 19.2 Å². The molecule has 230 valence electrons. The van der Waals surface area contributed by atoms with E-state index in [1.54, 1.807) is 17.0 Å². The Labute approximate surface area is 254 Å². The maximum atomic E-state index is 13.0. The number of piperidine rings is 1. The Morgan fingerprint density at radius 3 is 2.50 bits per heavy atom. The van der Waals surface area contributed by atoms with Gasteiger partial charge in [-0.2, -0.15) is 0 Å². The van der Waals surface area contributed by atoms with Crippen LogP contribution in [0, 0.1) is 5.92 Å². The van der Waals surface area contributed by atoms with Crippen molar-refractivity contribution in [2.45, 2.75) is 63.1 Å². The van der Waals surface area contributed by atoms with E-state index in [0.29, 0.717) is 24.8 Å². The van der Waals surface area contributed by atoms with Crippen molar-refractivity contribution in [3.63, 3.8) is 0 Å². The van der Waals surface area contributed by atoms with Gasteiger partial charge in [0.25, 0.3) is 11.8 Å². The fourth-order valence-electron chi connectivity index (χ4n) is 5.73. The first-order chi connectivity index (χ1) is 21.3. The summed E-state index contributed by atoms with van der Waals surface area (Å²) < 4.78 is 16.2. The first-order valence-electron chi connectivity index (χ1n) is 15.0. The minimum atomic E-state index is -0.549. The minimum absolute atomic E-state index is 0.101. The molecule has 4 heterocycles. The van der Waals surface area contributed by atoms with Gasteiger partial charge in [0.1, 0.15) is 30.4 Å². The lowest BCUT2D eigenvalue weighted by Crippen LogP contribution is -2.51. The molecule has 1 aliphatic carbocycles. The summed E-state index contributed by atoms with van der Waals surface area (Å²) >= 11 is 0. The lowest BCUT2D eigenvalue weighted by atomic mass is 10.00. The number of rotatable bonds is 10. The number of nitrogens with one attached hydrogen (secondary N) is 2. The van der Waals surface area contributed by atoms with E-state index in [1.807, 2.05) is 19.1 Å². The maximum absolute atomic E-state index is 13.0. The molecule has 1 saturated carbocycles. The van der Waals surface area contributed by atoms with Crippen molar-refractivity contribution in [2.24, 2.45) is 5.92 Å². The highest BCUT2D eigenvalue weighted by Crippen LogP contribution is 2.40. The SMILES string of the molecule is CC(NC(=O)c1cocn1)C(Oc1ccc(C(=O)N[C@H]2CCCN(C(=O)[C@H]3COC(=O)C3)C2)nc1)c1ccc(C2CC2)cc1. The zero-order chi connectivity index (χ0) is 30.6. The molecule has 12 heteroatoms. The summed E-state index contributed by atoms with van der Waals surface area (Å²) in [6.45, 7) is 2.92. The van der Waals surface area contributed by atoms with Gasteiger partial charge in [0, 0.05) is 19.1 Å². The Balaban J connectivity index is 1.09. The van der Waals surface area contributed by atoms with Crippen LogP contribution in [0.3, 0.4) is 0 Å². The fourth-order valence-corrected chi connectivity index (χ4v) is 5.73. The third-order valence-corrected chi connectivity index (χ3v) is 8.30. The molecule has 3 aliphatic rings. The van der Waals surface area contributed by atoms with Crippen LogP contribution in [0.4, 0.5) is 0 Å². The largest absolute Gasteiger partial charge is 0.482 e. The molecule has 12 nitrogen and oxygen atoms in total. The number of amides is 3. The van der Waals surface area contributed by atoms with Gasteiger partial charge in [0.2, 0.25) is 5.91 Å². The van der Waals surface area contributed by atoms with E-state index < -0.39 is 18.1 Å². The summed E-state index contributed by atoms with van der Waals surface area (Å²) in [6, 6.07) is 10.8. The number of esters is 1. The van der Waals surface area contributed by atoms with E-state index in [4.69, 9.17) is 13.9 Å². The lowest BCUT2D eigenvalue weighted by molar-refractivity contribution is -0.138. The molecule has 2 saturated heterocycles. The number of nitrogens with zero attached hydrogens (tertiary/aromatic N) is 3. The molecule has 3 amide bonds. The van der Waals surface area contributed by atoms with E-state index in [2.05, 4.69) is 32.7 Å². The van der Waals surface area contributed by atoms with Crippen LogP contribution in [-0.4, -0.2) is 70.3 Å². The van der Waals surface area contributed by atoms with Gasteiger partial charge < -0.3 is 29.4 Å². The van der Waals surface area contributed by atoms with Gasteiger partial charge in [-0.05, 0) is 61.8 Å². The highest BCUT2D eigenvalue weighted by Gasteiger charge is 2.35. The number of hydrogen-bond donors (Lipinski definition) is 2. The van der Waals surface area contributed by atoms with Gasteiger partial charge in [0.15, 0.2) is 12.1 Å². The standard InChI is InChI=1S/C32H35N5O7/c1-19(35-31(40)27-17-42-18-34-27)29(22-8-6-21(7-9-22)20-4-5-20)44-25-10-11-26(33-14-25)30(39)36-24-3-2-12-37(15-24)32(41)23-13-28(38)43-16-23/h6-11,14,17-20,23-24,29H,2-5,12-13,15-16H2,1H3,(H,35,40)(H,36,39)/t19?,23-,24+,29?/m1/s1. The Kier molecular flexibility index (Phi) is 8.58. The van der Waals surface area contributed by atoms with Gasteiger partial charge >= 0.3 is 5.97 Å². The van der Waals surface area contributed by atoms with Crippen LogP contribution in [0.25, 0.3) is 0 Å². The molecular formula is C32H35N5O7. The van der Waals surface area contributed by atoms with E-state index >= 15 is 0 Å². The molecule has 0 spiro atoms. The first-order valence-corrected chi connectivity index (χ1v) is 15.0. The molecule has 3 fully saturated rings. The Morgan fingerprint density at radius 2 is 1.84 bits per heavy atom. The van der Waals surface area contributed by atoms with Crippen LogP contribution in [-0.2, 0) is 14.3 Å².